The van der Waals surface area contributed by atoms with E-state index in [4.69, 9.17) is 0 Å². The van der Waals surface area contributed by atoms with Crippen LogP contribution in [0.15, 0.2) is 64.6 Å². The Bertz CT molecular complexity index is 741. The lowest BCUT2D eigenvalue weighted by Crippen LogP contribution is -2.27. The van der Waals surface area contributed by atoms with Gasteiger partial charge in [0, 0.05) is 17.2 Å². The fourth-order valence-corrected chi connectivity index (χ4v) is 3.56. The summed E-state index contributed by atoms with van der Waals surface area (Å²) in [6.45, 7) is 0.666. The predicted octanol–water partition coefficient (Wildman–Crippen LogP) is 3.56. The molecular weight excluding hydrogens is 326 g/mol. The lowest BCUT2D eigenvalue weighted by atomic mass is 10.3. The molecule has 1 amide bonds. The zero-order valence-electron chi connectivity index (χ0n) is 12.5. The highest BCUT2D eigenvalue weighted by Gasteiger charge is 2.06. The standard InChI is InChI=1S/C17H17N3OS2/c21-16(18-10-11-22-13-6-2-1-3-7-13)12-23-17-19-14-8-4-5-9-15(14)20-17/h1-9H,10-12H2,(H,18,21)(H,19,20). The molecular formula is C17H17N3OS2. The molecule has 0 fully saturated rings. The average Bonchev–Trinajstić information content (AvgIpc) is 3.01. The van der Waals surface area contributed by atoms with Gasteiger partial charge in [0.15, 0.2) is 5.16 Å². The molecule has 0 aliphatic heterocycles. The first-order valence-electron chi connectivity index (χ1n) is 7.33. The van der Waals surface area contributed by atoms with Crippen LogP contribution < -0.4 is 5.32 Å². The van der Waals surface area contributed by atoms with Crippen molar-refractivity contribution >= 4 is 40.5 Å². The second-order valence-electron chi connectivity index (χ2n) is 4.86. The van der Waals surface area contributed by atoms with Crippen LogP contribution in [0, 0.1) is 0 Å². The minimum Gasteiger partial charge on any atom is -0.355 e. The van der Waals surface area contributed by atoms with Gasteiger partial charge in [-0.05, 0) is 24.3 Å². The lowest BCUT2D eigenvalue weighted by molar-refractivity contribution is -0.118. The van der Waals surface area contributed by atoms with Gasteiger partial charge in [0.25, 0.3) is 0 Å². The highest BCUT2D eigenvalue weighted by Crippen LogP contribution is 2.19. The molecule has 1 aromatic heterocycles. The topological polar surface area (TPSA) is 57.8 Å². The van der Waals surface area contributed by atoms with Crippen LogP contribution in [0.4, 0.5) is 0 Å². The molecule has 0 atom stereocenters. The van der Waals surface area contributed by atoms with Crippen molar-refractivity contribution in [2.45, 2.75) is 10.1 Å². The monoisotopic (exact) mass is 343 g/mol. The third kappa shape index (κ3) is 4.77. The number of thioether (sulfide) groups is 2. The number of para-hydroxylation sites is 2. The first-order chi connectivity index (χ1) is 11.3. The summed E-state index contributed by atoms with van der Waals surface area (Å²) in [5.74, 6) is 1.27. The zero-order valence-corrected chi connectivity index (χ0v) is 14.1. The largest absolute Gasteiger partial charge is 0.355 e. The summed E-state index contributed by atoms with van der Waals surface area (Å²) >= 11 is 3.16. The predicted molar refractivity (Wildman–Crippen MR) is 97.0 cm³/mol. The van der Waals surface area contributed by atoms with Crippen molar-refractivity contribution in [1.82, 2.24) is 15.3 Å². The zero-order chi connectivity index (χ0) is 15.9. The fraction of sp³-hybridized carbons (Fsp3) is 0.176. The highest BCUT2D eigenvalue weighted by atomic mass is 32.2. The number of benzene rings is 2. The molecule has 2 aromatic carbocycles. The van der Waals surface area contributed by atoms with Crippen LogP contribution in [0.3, 0.4) is 0 Å². The molecule has 0 saturated carbocycles. The van der Waals surface area contributed by atoms with Gasteiger partial charge < -0.3 is 10.3 Å². The van der Waals surface area contributed by atoms with Crippen LogP contribution in [-0.2, 0) is 4.79 Å². The van der Waals surface area contributed by atoms with Crippen LogP contribution in [0.5, 0.6) is 0 Å². The van der Waals surface area contributed by atoms with Gasteiger partial charge in [-0.1, -0.05) is 42.1 Å². The van der Waals surface area contributed by atoms with Crippen molar-refractivity contribution in [1.29, 1.82) is 0 Å². The summed E-state index contributed by atoms with van der Waals surface area (Å²) in [5.41, 5.74) is 1.92. The maximum absolute atomic E-state index is 11.9. The number of fused-ring (bicyclic) bond motifs is 1. The van der Waals surface area contributed by atoms with Gasteiger partial charge in [-0.15, -0.1) is 11.8 Å². The highest BCUT2D eigenvalue weighted by molar-refractivity contribution is 7.99. The smallest absolute Gasteiger partial charge is 0.230 e. The Kier molecular flexibility index (Phi) is 5.60. The van der Waals surface area contributed by atoms with Crippen molar-refractivity contribution in [2.75, 3.05) is 18.1 Å². The van der Waals surface area contributed by atoms with E-state index in [1.54, 1.807) is 11.8 Å². The molecule has 3 rings (SSSR count). The number of imidazole rings is 1. The molecule has 6 heteroatoms. The minimum atomic E-state index is 0.0316. The number of nitrogens with one attached hydrogen (secondary N) is 2. The van der Waals surface area contributed by atoms with Crippen LogP contribution in [0.2, 0.25) is 0 Å². The molecule has 23 heavy (non-hydrogen) atoms. The summed E-state index contributed by atoms with van der Waals surface area (Å²) in [4.78, 5) is 20.7. The molecule has 0 spiro atoms. The summed E-state index contributed by atoms with van der Waals surface area (Å²) in [6, 6.07) is 18.0. The summed E-state index contributed by atoms with van der Waals surface area (Å²) < 4.78 is 0. The number of carbonyl (C=O) groups excluding carboxylic acids is 1. The Labute approximate surface area is 143 Å². The number of aromatic nitrogens is 2. The SMILES string of the molecule is O=C(CSc1nc2ccccc2[nH]1)NCCSc1ccccc1. The normalized spacial score (nSPS) is 10.8. The Balaban J connectivity index is 1.38. The molecule has 2 N–H and O–H groups in total. The maximum atomic E-state index is 11.9. The van der Waals surface area contributed by atoms with Crippen LogP contribution in [0.1, 0.15) is 0 Å². The molecule has 1 heterocycles. The van der Waals surface area contributed by atoms with Gasteiger partial charge >= 0.3 is 0 Å². The number of rotatable bonds is 7. The van der Waals surface area contributed by atoms with Crippen molar-refractivity contribution in [3.8, 4) is 0 Å². The van der Waals surface area contributed by atoms with Crippen molar-refractivity contribution < 1.29 is 4.79 Å². The molecule has 4 nitrogen and oxygen atoms in total. The van der Waals surface area contributed by atoms with Crippen LogP contribution in [-0.4, -0.2) is 33.9 Å². The molecule has 3 aromatic rings. The molecule has 118 valence electrons. The van der Waals surface area contributed by atoms with Crippen molar-refractivity contribution in [3.63, 3.8) is 0 Å². The molecule has 0 saturated heterocycles. The molecule has 0 aliphatic carbocycles. The number of nitrogens with zero attached hydrogens (tertiary/aromatic N) is 1. The van der Waals surface area contributed by atoms with E-state index >= 15 is 0 Å². The number of hydrogen-bond acceptors (Lipinski definition) is 4. The van der Waals surface area contributed by atoms with E-state index in [0.29, 0.717) is 12.3 Å². The Morgan fingerprint density at radius 2 is 1.83 bits per heavy atom. The van der Waals surface area contributed by atoms with E-state index < -0.39 is 0 Å². The first kappa shape index (κ1) is 16.0. The third-order valence-electron chi connectivity index (χ3n) is 3.14. The number of amides is 1. The maximum Gasteiger partial charge on any atom is 0.230 e. The molecule has 0 bridgehead atoms. The van der Waals surface area contributed by atoms with E-state index in [1.165, 1.54) is 16.7 Å². The Morgan fingerprint density at radius 3 is 2.65 bits per heavy atom. The molecule has 0 radical (unpaired) electrons. The van der Waals surface area contributed by atoms with E-state index in [0.717, 1.165) is 21.9 Å². The number of carbonyl (C=O) groups is 1. The Morgan fingerprint density at radius 1 is 1.04 bits per heavy atom. The van der Waals surface area contributed by atoms with E-state index in [-0.39, 0.29) is 5.91 Å². The summed E-state index contributed by atoms with van der Waals surface area (Å²) in [6.07, 6.45) is 0. The quantitative estimate of drug-likeness (QED) is 0.509. The summed E-state index contributed by atoms with van der Waals surface area (Å²) in [5, 5.41) is 3.71. The molecule has 0 aliphatic rings. The average molecular weight is 343 g/mol. The molecule has 0 unspecified atom stereocenters. The third-order valence-corrected chi connectivity index (χ3v) is 5.03. The fourth-order valence-electron chi connectivity index (χ4n) is 2.06. The Hall–Kier alpha value is -1.92. The second-order valence-corrected chi connectivity index (χ2v) is 6.99. The number of H-pyrrole nitrogens is 1. The van der Waals surface area contributed by atoms with E-state index in [1.807, 2.05) is 42.5 Å². The van der Waals surface area contributed by atoms with Crippen molar-refractivity contribution in [2.24, 2.45) is 0 Å². The summed E-state index contributed by atoms with van der Waals surface area (Å²) in [7, 11) is 0. The van der Waals surface area contributed by atoms with Gasteiger partial charge in [-0.2, -0.15) is 0 Å². The van der Waals surface area contributed by atoms with Gasteiger partial charge in [0.1, 0.15) is 0 Å². The van der Waals surface area contributed by atoms with E-state index in [9.17, 15) is 4.79 Å². The van der Waals surface area contributed by atoms with Crippen molar-refractivity contribution in [3.05, 3.63) is 54.6 Å². The van der Waals surface area contributed by atoms with E-state index in [2.05, 4.69) is 27.4 Å². The first-order valence-corrected chi connectivity index (χ1v) is 9.30. The van der Waals surface area contributed by atoms with Gasteiger partial charge in [-0.25, -0.2) is 4.98 Å². The van der Waals surface area contributed by atoms with Crippen LogP contribution >= 0.6 is 23.5 Å². The second kappa shape index (κ2) is 8.08. The number of aromatic amines is 1. The minimum absolute atomic E-state index is 0.0316. The van der Waals surface area contributed by atoms with Gasteiger partial charge in [0.2, 0.25) is 5.91 Å². The number of hydrogen-bond donors (Lipinski definition) is 2. The van der Waals surface area contributed by atoms with Crippen LogP contribution in [0.25, 0.3) is 11.0 Å². The van der Waals surface area contributed by atoms with Gasteiger partial charge in [0.05, 0.1) is 16.8 Å². The lowest BCUT2D eigenvalue weighted by Gasteiger charge is -2.04. The van der Waals surface area contributed by atoms with Gasteiger partial charge in [-0.3, -0.25) is 4.79 Å².